The summed E-state index contributed by atoms with van der Waals surface area (Å²) in [5.41, 5.74) is 1.07. The molecule has 0 aliphatic carbocycles. The number of ether oxygens (including phenoxy) is 1. The molecule has 0 atom stereocenters. The molecule has 0 aliphatic heterocycles. The standard InChI is InChI=1S/C14H11NO4/c1-10-8-12(15(17)18)6-7-13(10)19-14-5-3-2-4-11(14)9-16/h2-9H,1H3. The van der Waals surface area contributed by atoms with E-state index in [2.05, 4.69) is 0 Å². The van der Waals surface area contributed by atoms with Gasteiger partial charge in [0.25, 0.3) is 5.69 Å². The van der Waals surface area contributed by atoms with Crippen molar-refractivity contribution in [2.75, 3.05) is 0 Å². The molecule has 2 rings (SSSR count). The van der Waals surface area contributed by atoms with Crippen molar-refractivity contribution in [1.29, 1.82) is 0 Å². The van der Waals surface area contributed by atoms with Gasteiger partial charge in [0.2, 0.25) is 0 Å². The molecule has 0 N–H and O–H groups in total. The SMILES string of the molecule is Cc1cc([N+](=O)[O-])ccc1Oc1ccccc1C=O. The molecule has 0 saturated heterocycles. The molecule has 2 aromatic carbocycles. The van der Waals surface area contributed by atoms with Crippen LogP contribution in [0.15, 0.2) is 42.5 Å². The number of nitro groups is 1. The van der Waals surface area contributed by atoms with Crippen LogP contribution >= 0.6 is 0 Å². The van der Waals surface area contributed by atoms with Crippen LogP contribution in [0.25, 0.3) is 0 Å². The van der Waals surface area contributed by atoms with Crippen molar-refractivity contribution in [2.45, 2.75) is 6.92 Å². The van der Waals surface area contributed by atoms with Gasteiger partial charge in [-0.25, -0.2) is 0 Å². The highest BCUT2D eigenvalue weighted by atomic mass is 16.6. The first-order valence-corrected chi connectivity index (χ1v) is 5.59. The van der Waals surface area contributed by atoms with E-state index >= 15 is 0 Å². The summed E-state index contributed by atoms with van der Waals surface area (Å²) in [6, 6.07) is 11.1. The number of hydrogen-bond donors (Lipinski definition) is 0. The van der Waals surface area contributed by atoms with Gasteiger partial charge in [0.05, 0.1) is 10.5 Å². The Morgan fingerprint density at radius 3 is 2.53 bits per heavy atom. The summed E-state index contributed by atoms with van der Waals surface area (Å²) in [6.45, 7) is 1.71. The van der Waals surface area contributed by atoms with Gasteiger partial charge in [0, 0.05) is 12.1 Å². The zero-order chi connectivity index (χ0) is 13.8. The molecule has 19 heavy (non-hydrogen) atoms. The predicted octanol–water partition coefficient (Wildman–Crippen LogP) is 3.51. The van der Waals surface area contributed by atoms with E-state index in [0.717, 1.165) is 0 Å². The van der Waals surface area contributed by atoms with Gasteiger partial charge in [0.15, 0.2) is 6.29 Å². The van der Waals surface area contributed by atoms with E-state index in [0.29, 0.717) is 28.9 Å². The first-order chi connectivity index (χ1) is 9.11. The average Bonchev–Trinajstić information content (AvgIpc) is 2.41. The fourth-order valence-electron chi connectivity index (χ4n) is 1.65. The maximum atomic E-state index is 10.9. The van der Waals surface area contributed by atoms with Gasteiger partial charge in [0.1, 0.15) is 11.5 Å². The Morgan fingerprint density at radius 2 is 1.89 bits per heavy atom. The normalized spacial score (nSPS) is 9.95. The molecule has 0 spiro atoms. The summed E-state index contributed by atoms with van der Waals surface area (Å²) < 4.78 is 5.61. The maximum Gasteiger partial charge on any atom is 0.269 e. The van der Waals surface area contributed by atoms with Crippen LogP contribution < -0.4 is 4.74 Å². The Morgan fingerprint density at radius 1 is 1.16 bits per heavy atom. The Hall–Kier alpha value is -2.69. The Bertz CT molecular complexity index is 637. The van der Waals surface area contributed by atoms with Gasteiger partial charge in [-0.3, -0.25) is 14.9 Å². The monoisotopic (exact) mass is 257 g/mol. The van der Waals surface area contributed by atoms with Gasteiger partial charge >= 0.3 is 0 Å². The van der Waals surface area contributed by atoms with Gasteiger partial charge in [-0.05, 0) is 30.7 Å². The molecule has 5 heteroatoms. The average molecular weight is 257 g/mol. The molecular weight excluding hydrogens is 246 g/mol. The minimum absolute atomic E-state index is 0.00789. The highest BCUT2D eigenvalue weighted by Crippen LogP contribution is 2.29. The van der Waals surface area contributed by atoms with Crippen molar-refractivity contribution in [3.05, 3.63) is 63.7 Å². The van der Waals surface area contributed by atoms with Crippen molar-refractivity contribution in [2.24, 2.45) is 0 Å². The summed E-state index contributed by atoms with van der Waals surface area (Å²) in [5, 5.41) is 10.6. The van der Waals surface area contributed by atoms with Crippen LogP contribution in [0.4, 0.5) is 5.69 Å². The molecule has 0 unspecified atom stereocenters. The van der Waals surface area contributed by atoms with E-state index in [1.165, 1.54) is 18.2 Å². The number of nitrogens with zero attached hydrogens (tertiary/aromatic N) is 1. The van der Waals surface area contributed by atoms with Crippen molar-refractivity contribution in [1.82, 2.24) is 0 Å². The zero-order valence-electron chi connectivity index (χ0n) is 10.2. The second-order valence-electron chi connectivity index (χ2n) is 3.96. The summed E-state index contributed by atoms with van der Waals surface area (Å²) in [4.78, 5) is 21.1. The van der Waals surface area contributed by atoms with Gasteiger partial charge in [-0.2, -0.15) is 0 Å². The second-order valence-corrected chi connectivity index (χ2v) is 3.96. The quantitative estimate of drug-likeness (QED) is 0.477. The maximum absolute atomic E-state index is 10.9. The second kappa shape index (κ2) is 5.30. The van der Waals surface area contributed by atoms with Gasteiger partial charge < -0.3 is 4.74 Å². The minimum atomic E-state index is -0.462. The van der Waals surface area contributed by atoms with E-state index in [1.54, 1.807) is 31.2 Å². The first-order valence-electron chi connectivity index (χ1n) is 5.59. The molecule has 2 aromatic rings. The molecule has 0 aromatic heterocycles. The summed E-state index contributed by atoms with van der Waals surface area (Å²) >= 11 is 0. The zero-order valence-corrected chi connectivity index (χ0v) is 10.2. The van der Waals surface area contributed by atoms with Crippen LogP contribution in [0, 0.1) is 17.0 Å². The number of benzene rings is 2. The summed E-state index contributed by atoms with van der Waals surface area (Å²) in [7, 11) is 0. The van der Waals surface area contributed by atoms with Crippen molar-refractivity contribution in [3.8, 4) is 11.5 Å². The highest BCUT2D eigenvalue weighted by Gasteiger charge is 2.10. The number of carbonyl (C=O) groups excluding carboxylic acids is 1. The third-order valence-electron chi connectivity index (χ3n) is 2.64. The molecule has 0 saturated carbocycles. The lowest BCUT2D eigenvalue weighted by Gasteiger charge is -2.09. The van der Waals surface area contributed by atoms with Gasteiger partial charge in [-0.1, -0.05) is 12.1 Å². The third-order valence-corrected chi connectivity index (χ3v) is 2.64. The van der Waals surface area contributed by atoms with Crippen molar-refractivity contribution >= 4 is 12.0 Å². The number of hydrogen-bond acceptors (Lipinski definition) is 4. The Labute approximate surface area is 109 Å². The minimum Gasteiger partial charge on any atom is -0.456 e. The van der Waals surface area contributed by atoms with Crippen LogP contribution in [-0.4, -0.2) is 11.2 Å². The molecule has 0 bridgehead atoms. The fraction of sp³-hybridized carbons (Fsp3) is 0.0714. The predicted molar refractivity (Wildman–Crippen MR) is 69.7 cm³/mol. The molecule has 96 valence electrons. The van der Waals surface area contributed by atoms with Crippen LogP contribution in [0.2, 0.25) is 0 Å². The highest BCUT2D eigenvalue weighted by molar-refractivity contribution is 5.79. The Kier molecular flexibility index (Phi) is 3.56. The number of nitro benzene ring substituents is 1. The van der Waals surface area contributed by atoms with Crippen LogP contribution in [-0.2, 0) is 0 Å². The van der Waals surface area contributed by atoms with E-state index in [4.69, 9.17) is 4.74 Å². The smallest absolute Gasteiger partial charge is 0.269 e. The topological polar surface area (TPSA) is 69.4 Å². The largest absolute Gasteiger partial charge is 0.456 e. The summed E-state index contributed by atoms with van der Waals surface area (Å²) in [5.74, 6) is 0.911. The lowest BCUT2D eigenvalue weighted by Crippen LogP contribution is -1.94. The number of carbonyl (C=O) groups is 1. The molecule has 0 heterocycles. The third kappa shape index (κ3) is 2.77. The fourth-order valence-corrected chi connectivity index (χ4v) is 1.65. The summed E-state index contributed by atoms with van der Waals surface area (Å²) in [6.07, 6.45) is 0.704. The number of aryl methyl sites for hydroxylation is 1. The van der Waals surface area contributed by atoms with E-state index < -0.39 is 4.92 Å². The van der Waals surface area contributed by atoms with Crippen LogP contribution in [0.1, 0.15) is 15.9 Å². The molecule has 0 amide bonds. The van der Waals surface area contributed by atoms with Crippen LogP contribution in [0.5, 0.6) is 11.5 Å². The molecule has 0 aliphatic rings. The first kappa shape index (κ1) is 12.8. The van der Waals surface area contributed by atoms with E-state index in [1.807, 2.05) is 0 Å². The number of aldehydes is 1. The van der Waals surface area contributed by atoms with Crippen molar-refractivity contribution < 1.29 is 14.5 Å². The van der Waals surface area contributed by atoms with E-state index in [-0.39, 0.29) is 5.69 Å². The van der Waals surface area contributed by atoms with Gasteiger partial charge in [-0.15, -0.1) is 0 Å². The molecule has 0 fully saturated rings. The Balaban J connectivity index is 2.33. The molecule has 0 radical (unpaired) electrons. The van der Waals surface area contributed by atoms with Crippen LogP contribution in [0.3, 0.4) is 0 Å². The lowest BCUT2D eigenvalue weighted by atomic mass is 10.2. The van der Waals surface area contributed by atoms with E-state index in [9.17, 15) is 14.9 Å². The lowest BCUT2D eigenvalue weighted by molar-refractivity contribution is -0.384. The number of para-hydroxylation sites is 1. The molecular formula is C14H11NO4. The molecule has 5 nitrogen and oxygen atoms in total. The number of rotatable bonds is 4. The number of non-ortho nitro benzene ring substituents is 1. The van der Waals surface area contributed by atoms with Crippen molar-refractivity contribution in [3.63, 3.8) is 0 Å².